The summed E-state index contributed by atoms with van der Waals surface area (Å²) < 4.78 is 43.0. The zero-order valence-electron chi connectivity index (χ0n) is 13.3. The van der Waals surface area contributed by atoms with Gasteiger partial charge in [-0.3, -0.25) is 4.68 Å². The molecule has 1 saturated carbocycles. The molecule has 1 fully saturated rings. The maximum Gasteiger partial charge on any atom is 0.216 e. The lowest BCUT2D eigenvalue weighted by atomic mass is 9.76. The molecule has 0 amide bonds. The van der Waals surface area contributed by atoms with Gasteiger partial charge in [-0.1, -0.05) is 18.2 Å². The quantitative estimate of drug-likeness (QED) is 0.824. The van der Waals surface area contributed by atoms with Crippen LogP contribution in [0, 0.1) is 11.7 Å². The Morgan fingerprint density at radius 1 is 1.42 bits per heavy atom. The first kappa shape index (κ1) is 17.1. The number of aliphatic hydroxyl groups excluding tert-OH is 1. The molecule has 0 spiro atoms. The molecule has 3 rings (SSSR count). The average molecular weight is 353 g/mol. The Kier molecular flexibility index (Phi) is 4.71. The van der Waals surface area contributed by atoms with E-state index in [1.165, 1.54) is 18.2 Å². The molecule has 1 atom stereocenters. The number of nitrogens with zero attached hydrogens (tertiary/aromatic N) is 2. The summed E-state index contributed by atoms with van der Waals surface area (Å²) in [4.78, 5) is 0. The Morgan fingerprint density at radius 3 is 2.71 bits per heavy atom. The zero-order chi connectivity index (χ0) is 17.3. The first-order valence-corrected chi connectivity index (χ1v) is 9.39. The summed E-state index contributed by atoms with van der Waals surface area (Å²) in [6.07, 6.45) is 4.02. The van der Waals surface area contributed by atoms with Gasteiger partial charge >= 0.3 is 0 Å². The topological polar surface area (TPSA) is 84.2 Å². The standard InChI is InChI=1S/C16H20FN3O3S/c1-20-9-13(8-18-20)16(12-6-14(21)7-12)19-24(22,23)10-11-4-2-3-5-15(11)17/h2-5,8-9,12,14,16,19,21H,6-7,10H2,1H3/t12?,14?,16-/m1/s1. The number of sulfonamides is 1. The van der Waals surface area contributed by atoms with Crippen molar-refractivity contribution in [2.24, 2.45) is 13.0 Å². The van der Waals surface area contributed by atoms with Gasteiger partial charge in [0.2, 0.25) is 10.0 Å². The summed E-state index contributed by atoms with van der Waals surface area (Å²) in [6.45, 7) is 0. The van der Waals surface area contributed by atoms with Crippen molar-refractivity contribution in [2.75, 3.05) is 0 Å². The number of aromatic nitrogens is 2. The normalized spacial score (nSPS) is 22.1. The SMILES string of the molecule is Cn1cc([C@H](NS(=O)(=O)Cc2ccccc2F)C2CC(O)C2)cn1. The predicted molar refractivity (Wildman–Crippen MR) is 86.8 cm³/mol. The number of rotatable bonds is 6. The van der Waals surface area contributed by atoms with Crippen molar-refractivity contribution in [3.63, 3.8) is 0 Å². The molecular weight excluding hydrogens is 333 g/mol. The van der Waals surface area contributed by atoms with Gasteiger partial charge in [0.15, 0.2) is 0 Å². The van der Waals surface area contributed by atoms with Crippen molar-refractivity contribution >= 4 is 10.0 Å². The van der Waals surface area contributed by atoms with Gasteiger partial charge in [0.05, 0.1) is 24.1 Å². The van der Waals surface area contributed by atoms with Gasteiger partial charge < -0.3 is 5.11 Å². The van der Waals surface area contributed by atoms with E-state index >= 15 is 0 Å². The van der Waals surface area contributed by atoms with Gasteiger partial charge in [0.25, 0.3) is 0 Å². The molecule has 8 heteroatoms. The fraction of sp³-hybridized carbons (Fsp3) is 0.438. The first-order valence-electron chi connectivity index (χ1n) is 7.74. The van der Waals surface area contributed by atoms with E-state index in [1.807, 2.05) is 0 Å². The highest BCUT2D eigenvalue weighted by Gasteiger charge is 2.37. The van der Waals surface area contributed by atoms with Crippen LogP contribution in [0.2, 0.25) is 0 Å². The van der Waals surface area contributed by atoms with E-state index in [9.17, 15) is 17.9 Å². The van der Waals surface area contributed by atoms with E-state index in [0.29, 0.717) is 12.8 Å². The number of benzene rings is 1. The Labute approximate surface area is 140 Å². The monoisotopic (exact) mass is 353 g/mol. The van der Waals surface area contributed by atoms with Crippen LogP contribution in [0.25, 0.3) is 0 Å². The molecule has 0 saturated heterocycles. The molecule has 0 bridgehead atoms. The average Bonchev–Trinajstić information content (AvgIpc) is 2.91. The van der Waals surface area contributed by atoms with Crippen LogP contribution in [-0.2, 0) is 22.8 Å². The van der Waals surface area contributed by atoms with Crippen molar-refractivity contribution in [1.29, 1.82) is 0 Å². The largest absolute Gasteiger partial charge is 0.393 e. The highest BCUT2D eigenvalue weighted by molar-refractivity contribution is 7.88. The van der Waals surface area contributed by atoms with Gasteiger partial charge in [-0.15, -0.1) is 0 Å². The minimum atomic E-state index is -3.74. The lowest BCUT2D eigenvalue weighted by Crippen LogP contribution is -2.41. The molecule has 1 aromatic carbocycles. The van der Waals surface area contributed by atoms with E-state index < -0.39 is 33.7 Å². The molecule has 2 N–H and O–H groups in total. The number of aryl methyl sites for hydroxylation is 1. The third-order valence-electron chi connectivity index (χ3n) is 4.31. The molecule has 0 unspecified atom stereocenters. The number of halogens is 1. The Bertz CT molecular complexity index is 815. The summed E-state index contributed by atoms with van der Waals surface area (Å²) in [5, 5.41) is 13.6. The van der Waals surface area contributed by atoms with Crippen LogP contribution in [0.15, 0.2) is 36.7 Å². The molecular formula is C16H20FN3O3S. The lowest BCUT2D eigenvalue weighted by molar-refractivity contribution is 0.0280. The molecule has 1 aromatic heterocycles. The summed E-state index contributed by atoms with van der Waals surface area (Å²) in [7, 11) is -1.99. The molecule has 1 aliphatic carbocycles. The number of nitrogens with one attached hydrogen (secondary N) is 1. The molecule has 1 heterocycles. The summed E-state index contributed by atoms with van der Waals surface area (Å²) in [6, 6.07) is 5.35. The minimum absolute atomic E-state index is 0.000375. The van der Waals surface area contributed by atoms with Crippen molar-refractivity contribution in [3.05, 3.63) is 53.6 Å². The number of hydrogen-bond donors (Lipinski definition) is 2. The fourth-order valence-corrected chi connectivity index (χ4v) is 4.44. The van der Waals surface area contributed by atoms with E-state index in [4.69, 9.17) is 0 Å². The Hall–Kier alpha value is -1.77. The highest BCUT2D eigenvalue weighted by Crippen LogP contribution is 2.38. The molecule has 1 aliphatic rings. The number of aliphatic hydroxyl groups is 1. The van der Waals surface area contributed by atoms with E-state index in [2.05, 4.69) is 9.82 Å². The van der Waals surface area contributed by atoms with Crippen LogP contribution >= 0.6 is 0 Å². The van der Waals surface area contributed by atoms with E-state index in [-0.39, 0.29) is 11.5 Å². The van der Waals surface area contributed by atoms with Gasteiger partial charge in [0, 0.05) is 24.4 Å². The molecule has 6 nitrogen and oxygen atoms in total. The van der Waals surface area contributed by atoms with Gasteiger partial charge in [-0.25, -0.2) is 17.5 Å². The van der Waals surface area contributed by atoms with Crippen molar-refractivity contribution in [2.45, 2.75) is 30.7 Å². The Morgan fingerprint density at radius 2 is 2.12 bits per heavy atom. The molecule has 0 radical (unpaired) electrons. The third-order valence-corrected chi connectivity index (χ3v) is 5.62. The van der Waals surface area contributed by atoms with Crippen LogP contribution in [0.4, 0.5) is 4.39 Å². The van der Waals surface area contributed by atoms with Crippen molar-refractivity contribution in [1.82, 2.24) is 14.5 Å². The predicted octanol–water partition coefficient (Wildman–Crippen LogP) is 1.49. The molecule has 0 aliphatic heterocycles. The smallest absolute Gasteiger partial charge is 0.216 e. The summed E-state index contributed by atoms with van der Waals surface area (Å²) in [5.74, 6) is -0.967. The maximum atomic E-state index is 13.7. The molecule has 2 aromatic rings. The van der Waals surface area contributed by atoms with Crippen molar-refractivity contribution in [3.8, 4) is 0 Å². The minimum Gasteiger partial charge on any atom is -0.393 e. The van der Waals surface area contributed by atoms with E-state index in [1.54, 1.807) is 30.2 Å². The second-order valence-electron chi connectivity index (χ2n) is 6.28. The van der Waals surface area contributed by atoms with Crippen LogP contribution < -0.4 is 4.72 Å². The first-order chi connectivity index (χ1) is 11.3. The van der Waals surface area contributed by atoms with E-state index in [0.717, 1.165) is 5.56 Å². The lowest BCUT2D eigenvalue weighted by Gasteiger charge is -2.37. The van der Waals surface area contributed by atoms with Gasteiger partial charge in [-0.05, 0) is 24.8 Å². The maximum absolute atomic E-state index is 13.7. The third kappa shape index (κ3) is 3.82. The highest BCUT2D eigenvalue weighted by atomic mass is 32.2. The summed E-state index contributed by atoms with van der Waals surface area (Å²) >= 11 is 0. The van der Waals surface area contributed by atoms with Gasteiger partial charge in [-0.2, -0.15) is 5.10 Å². The second kappa shape index (κ2) is 6.62. The summed E-state index contributed by atoms with van der Waals surface area (Å²) in [5.41, 5.74) is 0.870. The van der Waals surface area contributed by atoms with Crippen molar-refractivity contribution < 1.29 is 17.9 Å². The second-order valence-corrected chi connectivity index (χ2v) is 8.03. The van der Waals surface area contributed by atoms with Crippen LogP contribution in [0.5, 0.6) is 0 Å². The Balaban J connectivity index is 1.80. The molecule has 130 valence electrons. The van der Waals surface area contributed by atoms with Crippen LogP contribution in [0.1, 0.15) is 30.0 Å². The van der Waals surface area contributed by atoms with Crippen LogP contribution in [-0.4, -0.2) is 29.4 Å². The van der Waals surface area contributed by atoms with Gasteiger partial charge in [0.1, 0.15) is 5.82 Å². The number of hydrogen-bond acceptors (Lipinski definition) is 4. The fourth-order valence-electron chi connectivity index (χ4n) is 2.99. The van der Waals surface area contributed by atoms with Crippen LogP contribution in [0.3, 0.4) is 0 Å². The zero-order valence-corrected chi connectivity index (χ0v) is 14.1. The molecule has 24 heavy (non-hydrogen) atoms.